The Bertz CT molecular complexity index is 317. The lowest BCUT2D eigenvalue weighted by Crippen LogP contribution is -2.44. The maximum Gasteiger partial charge on any atom is 0.0656 e. The Morgan fingerprint density at radius 1 is 1.44 bits per heavy atom. The van der Waals surface area contributed by atoms with Gasteiger partial charge in [-0.25, -0.2) is 0 Å². The van der Waals surface area contributed by atoms with E-state index in [9.17, 15) is 0 Å². The van der Waals surface area contributed by atoms with Gasteiger partial charge in [-0.15, -0.1) is 11.3 Å². The van der Waals surface area contributed by atoms with Crippen molar-refractivity contribution in [3.05, 3.63) is 19.9 Å². The third kappa shape index (κ3) is 6.18. The van der Waals surface area contributed by atoms with Crippen molar-refractivity contribution in [1.82, 2.24) is 10.6 Å². The Hall–Kier alpha value is 0.350. The van der Waals surface area contributed by atoms with Crippen LogP contribution in [0.15, 0.2) is 11.4 Å². The van der Waals surface area contributed by atoms with E-state index >= 15 is 0 Å². The molecule has 0 bridgehead atoms. The first-order valence-electron chi connectivity index (χ1n) is 5.58. The van der Waals surface area contributed by atoms with Crippen molar-refractivity contribution in [2.45, 2.75) is 45.8 Å². The molecular formula is C12H21IN2S. The lowest BCUT2D eigenvalue weighted by Gasteiger charge is -2.24. The lowest BCUT2D eigenvalue weighted by atomic mass is 10.1. The van der Waals surface area contributed by atoms with Crippen molar-refractivity contribution in [2.75, 3.05) is 6.54 Å². The van der Waals surface area contributed by atoms with Gasteiger partial charge in [-0.05, 0) is 67.3 Å². The fourth-order valence-corrected chi connectivity index (χ4v) is 2.68. The molecule has 0 aliphatic heterocycles. The van der Waals surface area contributed by atoms with Gasteiger partial charge < -0.3 is 10.6 Å². The minimum atomic E-state index is 0.202. The third-order valence-electron chi connectivity index (χ3n) is 2.21. The molecule has 1 aromatic rings. The molecule has 2 N–H and O–H groups in total. The van der Waals surface area contributed by atoms with Crippen LogP contribution in [0, 0.1) is 2.88 Å². The van der Waals surface area contributed by atoms with Crippen LogP contribution in [0.3, 0.4) is 0 Å². The second kappa shape index (κ2) is 6.33. The van der Waals surface area contributed by atoms with E-state index in [1.54, 1.807) is 11.3 Å². The van der Waals surface area contributed by atoms with E-state index in [0.717, 1.165) is 13.1 Å². The summed E-state index contributed by atoms with van der Waals surface area (Å²) in [6.45, 7) is 10.8. The molecule has 0 fully saturated rings. The van der Waals surface area contributed by atoms with Crippen molar-refractivity contribution >= 4 is 33.9 Å². The molecule has 4 heteroatoms. The second-order valence-corrected chi connectivity index (χ2v) is 7.98. The van der Waals surface area contributed by atoms with Crippen LogP contribution in [-0.2, 0) is 6.54 Å². The summed E-state index contributed by atoms with van der Waals surface area (Å²) >= 11 is 4.17. The molecule has 0 aromatic carbocycles. The molecule has 0 radical (unpaired) electrons. The van der Waals surface area contributed by atoms with Gasteiger partial charge in [0.05, 0.1) is 2.88 Å². The van der Waals surface area contributed by atoms with Gasteiger partial charge in [0, 0.05) is 24.7 Å². The van der Waals surface area contributed by atoms with E-state index in [1.165, 1.54) is 8.45 Å². The number of hydrogen-bond acceptors (Lipinski definition) is 3. The minimum absolute atomic E-state index is 0.202. The quantitative estimate of drug-likeness (QED) is 0.796. The highest BCUT2D eigenvalue weighted by Gasteiger charge is 2.10. The van der Waals surface area contributed by atoms with Crippen molar-refractivity contribution < 1.29 is 0 Å². The first kappa shape index (κ1) is 14.4. The van der Waals surface area contributed by atoms with Gasteiger partial charge >= 0.3 is 0 Å². The minimum Gasteiger partial charge on any atom is -0.311 e. The molecule has 0 saturated heterocycles. The Morgan fingerprint density at radius 3 is 2.62 bits per heavy atom. The van der Waals surface area contributed by atoms with Gasteiger partial charge in [-0.2, -0.15) is 0 Å². The predicted octanol–water partition coefficient (Wildman–Crippen LogP) is 3.22. The van der Waals surface area contributed by atoms with E-state index in [1.807, 2.05) is 0 Å². The standard InChI is InChI=1S/C12H21IN2S/c1-9(6-15-12(2,3)4)14-7-10-5-11(13)16-8-10/h5,8-9,14-15H,6-7H2,1-4H3. The maximum absolute atomic E-state index is 3.53. The fourth-order valence-electron chi connectivity index (χ4n) is 1.26. The van der Waals surface area contributed by atoms with Crippen LogP contribution in [0.25, 0.3) is 0 Å². The Labute approximate surface area is 116 Å². The Kier molecular flexibility index (Phi) is 5.70. The molecule has 0 aliphatic rings. The van der Waals surface area contributed by atoms with E-state index in [4.69, 9.17) is 0 Å². The number of thiophene rings is 1. The first-order valence-corrected chi connectivity index (χ1v) is 7.54. The number of halogens is 1. The summed E-state index contributed by atoms with van der Waals surface area (Å²) in [5.74, 6) is 0. The normalized spacial score (nSPS) is 14.1. The maximum atomic E-state index is 3.53. The monoisotopic (exact) mass is 352 g/mol. The number of rotatable bonds is 5. The summed E-state index contributed by atoms with van der Waals surface area (Å²) in [4.78, 5) is 0. The summed E-state index contributed by atoms with van der Waals surface area (Å²) in [6.07, 6.45) is 0. The van der Waals surface area contributed by atoms with E-state index < -0.39 is 0 Å². The summed E-state index contributed by atoms with van der Waals surface area (Å²) in [7, 11) is 0. The SMILES string of the molecule is CC(CNC(C)(C)C)NCc1csc(I)c1. The van der Waals surface area contributed by atoms with E-state index in [0.29, 0.717) is 6.04 Å². The topological polar surface area (TPSA) is 24.1 Å². The van der Waals surface area contributed by atoms with Crippen molar-refractivity contribution in [3.8, 4) is 0 Å². The highest BCUT2D eigenvalue weighted by molar-refractivity contribution is 14.1. The lowest BCUT2D eigenvalue weighted by molar-refractivity contribution is 0.387. The Morgan fingerprint density at radius 2 is 2.12 bits per heavy atom. The molecule has 92 valence electrons. The molecule has 0 aliphatic carbocycles. The van der Waals surface area contributed by atoms with Gasteiger partial charge in [0.25, 0.3) is 0 Å². The average Bonchev–Trinajstić information content (AvgIpc) is 2.57. The van der Waals surface area contributed by atoms with Gasteiger partial charge in [0.2, 0.25) is 0 Å². The zero-order valence-electron chi connectivity index (χ0n) is 10.4. The third-order valence-corrected chi connectivity index (χ3v) is 4.05. The van der Waals surface area contributed by atoms with Crippen molar-refractivity contribution in [3.63, 3.8) is 0 Å². The molecule has 1 atom stereocenters. The average molecular weight is 352 g/mol. The van der Waals surface area contributed by atoms with Crippen molar-refractivity contribution in [2.24, 2.45) is 0 Å². The molecule has 16 heavy (non-hydrogen) atoms. The van der Waals surface area contributed by atoms with Crippen LogP contribution in [0.1, 0.15) is 33.3 Å². The molecule has 1 rings (SSSR count). The van der Waals surface area contributed by atoms with Crippen LogP contribution in [0.5, 0.6) is 0 Å². The largest absolute Gasteiger partial charge is 0.311 e. The second-order valence-electron chi connectivity index (χ2n) is 5.17. The van der Waals surface area contributed by atoms with Crippen LogP contribution in [-0.4, -0.2) is 18.1 Å². The molecule has 0 saturated carbocycles. The van der Waals surface area contributed by atoms with E-state index in [2.05, 4.69) is 72.4 Å². The van der Waals surface area contributed by atoms with Crippen LogP contribution >= 0.6 is 33.9 Å². The number of nitrogens with one attached hydrogen (secondary N) is 2. The molecular weight excluding hydrogens is 331 g/mol. The molecule has 1 unspecified atom stereocenters. The van der Waals surface area contributed by atoms with Crippen LogP contribution < -0.4 is 10.6 Å². The molecule has 2 nitrogen and oxygen atoms in total. The first-order chi connectivity index (χ1) is 7.37. The smallest absolute Gasteiger partial charge is 0.0656 e. The van der Waals surface area contributed by atoms with Gasteiger partial charge in [-0.1, -0.05) is 0 Å². The highest BCUT2D eigenvalue weighted by atomic mass is 127. The highest BCUT2D eigenvalue weighted by Crippen LogP contribution is 2.16. The summed E-state index contributed by atoms with van der Waals surface area (Å²) < 4.78 is 1.36. The zero-order chi connectivity index (χ0) is 12.2. The summed E-state index contributed by atoms with van der Waals surface area (Å²) in [5.41, 5.74) is 1.59. The van der Waals surface area contributed by atoms with Gasteiger partial charge in [0.15, 0.2) is 0 Å². The summed E-state index contributed by atoms with van der Waals surface area (Å²) in [6, 6.07) is 2.74. The van der Waals surface area contributed by atoms with Crippen LogP contribution in [0.4, 0.5) is 0 Å². The number of hydrogen-bond donors (Lipinski definition) is 2. The molecule has 1 heterocycles. The molecule has 0 amide bonds. The van der Waals surface area contributed by atoms with Crippen molar-refractivity contribution in [1.29, 1.82) is 0 Å². The zero-order valence-corrected chi connectivity index (χ0v) is 13.4. The van der Waals surface area contributed by atoms with Gasteiger partial charge in [0.1, 0.15) is 0 Å². The summed E-state index contributed by atoms with van der Waals surface area (Å²) in [5, 5.41) is 9.25. The Balaban J connectivity index is 2.22. The van der Waals surface area contributed by atoms with E-state index in [-0.39, 0.29) is 5.54 Å². The predicted molar refractivity (Wildman–Crippen MR) is 81.1 cm³/mol. The molecule has 1 aromatic heterocycles. The molecule has 0 spiro atoms. The fraction of sp³-hybridized carbons (Fsp3) is 0.667. The van der Waals surface area contributed by atoms with Crippen LogP contribution in [0.2, 0.25) is 0 Å². The van der Waals surface area contributed by atoms with Gasteiger partial charge in [-0.3, -0.25) is 0 Å².